The first-order valence-corrected chi connectivity index (χ1v) is 8.79. The highest BCUT2D eigenvalue weighted by Gasteiger charge is 2.48. The van der Waals surface area contributed by atoms with E-state index >= 15 is 0 Å². The summed E-state index contributed by atoms with van der Waals surface area (Å²) in [4.78, 5) is 12.1. The highest BCUT2D eigenvalue weighted by molar-refractivity contribution is 7.90. The smallest absolute Gasteiger partial charge is 0.251 e. The monoisotopic (exact) mass is 331 g/mol. The van der Waals surface area contributed by atoms with Crippen molar-refractivity contribution in [3.05, 3.63) is 28.8 Å². The molecular weight excluding hydrogens is 314 g/mol. The molecule has 0 bridgehead atoms. The maximum atomic E-state index is 12.2. The number of rotatable bonds is 3. The Balaban J connectivity index is 2.22. The summed E-state index contributed by atoms with van der Waals surface area (Å²) in [5.41, 5.74) is -0.154. The van der Waals surface area contributed by atoms with Crippen molar-refractivity contribution in [2.75, 3.05) is 6.26 Å². The van der Waals surface area contributed by atoms with Crippen LogP contribution in [0.5, 0.6) is 0 Å². The number of carbonyl (C=O) groups excluding carboxylic acids is 1. The van der Waals surface area contributed by atoms with Gasteiger partial charge in [0.1, 0.15) is 0 Å². The molecule has 1 aliphatic rings. The fraction of sp³-hybridized carbons (Fsp3) is 0.500. The summed E-state index contributed by atoms with van der Waals surface area (Å²) in [6.07, 6.45) is 1.09. The van der Waals surface area contributed by atoms with Crippen molar-refractivity contribution in [3.63, 3.8) is 0 Å². The van der Waals surface area contributed by atoms with Crippen molar-refractivity contribution in [1.82, 2.24) is 5.32 Å². The zero-order chi connectivity index (χ0) is 16.0. The zero-order valence-electron chi connectivity index (χ0n) is 12.1. The van der Waals surface area contributed by atoms with E-state index in [1.165, 1.54) is 18.2 Å². The van der Waals surface area contributed by atoms with Gasteiger partial charge >= 0.3 is 0 Å². The molecular formula is C14H18ClNO4S. The maximum absolute atomic E-state index is 12.2. The van der Waals surface area contributed by atoms with Gasteiger partial charge in [0, 0.05) is 23.3 Å². The molecule has 2 rings (SSSR count). The first-order valence-electron chi connectivity index (χ1n) is 6.52. The number of hydrogen-bond acceptors (Lipinski definition) is 4. The number of nitrogens with one attached hydrogen (secondary N) is 1. The molecule has 1 aliphatic carbocycles. The first kappa shape index (κ1) is 16.3. The third-order valence-electron chi connectivity index (χ3n) is 4.11. The fourth-order valence-electron chi connectivity index (χ4n) is 2.32. The second-order valence-corrected chi connectivity index (χ2v) is 8.41. The van der Waals surface area contributed by atoms with Crippen LogP contribution in [-0.4, -0.2) is 37.8 Å². The lowest BCUT2D eigenvalue weighted by Crippen LogP contribution is -2.61. The normalized spacial score (nSPS) is 24.2. The van der Waals surface area contributed by atoms with Crippen LogP contribution < -0.4 is 5.32 Å². The number of halogens is 1. The average molecular weight is 332 g/mol. The van der Waals surface area contributed by atoms with E-state index in [2.05, 4.69) is 5.32 Å². The summed E-state index contributed by atoms with van der Waals surface area (Å²) < 4.78 is 23.2. The van der Waals surface area contributed by atoms with Crippen LogP contribution in [0.15, 0.2) is 23.1 Å². The second kappa shape index (κ2) is 5.26. The van der Waals surface area contributed by atoms with Gasteiger partial charge in [-0.15, -0.1) is 0 Å². The highest BCUT2D eigenvalue weighted by atomic mass is 35.5. The molecule has 0 radical (unpaired) electrons. The van der Waals surface area contributed by atoms with Gasteiger partial charge in [0.25, 0.3) is 5.91 Å². The molecule has 0 saturated heterocycles. The van der Waals surface area contributed by atoms with E-state index in [4.69, 9.17) is 11.6 Å². The molecule has 21 heavy (non-hydrogen) atoms. The summed E-state index contributed by atoms with van der Waals surface area (Å²) in [6, 6.07) is 4.01. The molecule has 2 unspecified atom stereocenters. The Labute approximate surface area is 129 Å². The summed E-state index contributed by atoms with van der Waals surface area (Å²) in [6.45, 7) is 3.74. The molecule has 1 aromatic carbocycles. The lowest BCUT2D eigenvalue weighted by atomic mass is 9.64. The van der Waals surface area contributed by atoms with Crippen LogP contribution in [0.1, 0.15) is 30.6 Å². The Hall–Kier alpha value is -1.11. The van der Waals surface area contributed by atoms with Gasteiger partial charge in [-0.25, -0.2) is 8.42 Å². The highest BCUT2D eigenvalue weighted by Crippen LogP contribution is 2.40. The topological polar surface area (TPSA) is 83.5 Å². The van der Waals surface area contributed by atoms with Crippen molar-refractivity contribution >= 4 is 27.3 Å². The van der Waals surface area contributed by atoms with Crippen LogP contribution in [0.25, 0.3) is 0 Å². The van der Waals surface area contributed by atoms with Gasteiger partial charge in [-0.05, 0) is 24.6 Å². The molecule has 0 aromatic heterocycles. The number of benzene rings is 1. The molecule has 0 heterocycles. The Kier molecular flexibility index (Phi) is 4.08. The van der Waals surface area contributed by atoms with Crippen LogP contribution in [0.2, 0.25) is 5.02 Å². The lowest BCUT2D eigenvalue weighted by Gasteiger charge is -2.49. The lowest BCUT2D eigenvalue weighted by molar-refractivity contribution is -0.0689. The van der Waals surface area contributed by atoms with Crippen LogP contribution in [0.3, 0.4) is 0 Å². The van der Waals surface area contributed by atoms with E-state index in [0.29, 0.717) is 6.42 Å². The van der Waals surface area contributed by atoms with Crippen LogP contribution in [-0.2, 0) is 9.84 Å². The SMILES string of the molecule is CC1(C)C(O)CC1NC(=O)c1ccc(Cl)c(S(C)(=O)=O)c1. The number of carbonyl (C=O) groups is 1. The van der Waals surface area contributed by atoms with Crippen molar-refractivity contribution in [3.8, 4) is 0 Å². The van der Waals surface area contributed by atoms with E-state index in [1.807, 2.05) is 13.8 Å². The van der Waals surface area contributed by atoms with E-state index < -0.39 is 15.9 Å². The number of amides is 1. The fourth-order valence-corrected chi connectivity index (χ4v) is 3.62. The summed E-state index contributed by atoms with van der Waals surface area (Å²) in [5, 5.41) is 12.6. The van der Waals surface area contributed by atoms with Crippen molar-refractivity contribution in [2.24, 2.45) is 5.41 Å². The van der Waals surface area contributed by atoms with Crippen LogP contribution >= 0.6 is 11.6 Å². The molecule has 2 atom stereocenters. The number of aliphatic hydroxyl groups excluding tert-OH is 1. The number of aliphatic hydroxyl groups is 1. The Morgan fingerprint density at radius 1 is 1.43 bits per heavy atom. The maximum Gasteiger partial charge on any atom is 0.251 e. The minimum absolute atomic E-state index is 0.0651. The third-order valence-corrected chi connectivity index (χ3v) is 5.69. The molecule has 0 aliphatic heterocycles. The number of sulfone groups is 1. The van der Waals surface area contributed by atoms with Gasteiger partial charge in [-0.1, -0.05) is 25.4 Å². The summed E-state index contributed by atoms with van der Waals surface area (Å²) in [7, 11) is -3.49. The molecule has 116 valence electrons. The van der Waals surface area contributed by atoms with Gasteiger partial charge in [0.2, 0.25) is 0 Å². The standard InChI is InChI=1S/C14H18ClNO4S/c1-14(2)11(7-12(14)17)16-13(18)8-4-5-9(15)10(6-8)21(3,19)20/h4-6,11-12,17H,7H2,1-3H3,(H,16,18). The molecule has 0 spiro atoms. The van der Waals surface area contributed by atoms with Crippen molar-refractivity contribution < 1.29 is 18.3 Å². The summed E-state index contributed by atoms with van der Waals surface area (Å²) in [5.74, 6) is -0.374. The minimum atomic E-state index is -3.49. The summed E-state index contributed by atoms with van der Waals surface area (Å²) >= 11 is 5.85. The third kappa shape index (κ3) is 3.07. The molecule has 5 nitrogen and oxygen atoms in total. The molecule has 1 saturated carbocycles. The zero-order valence-corrected chi connectivity index (χ0v) is 13.6. The molecule has 1 fully saturated rings. The van der Waals surface area contributed by atoms with E-state index in [-0.39, 0.29) is 32.8 Å². The van der Waals surface area contributed by atoms with E-state index in [1.54, 1.807) is 0 Å². The van der Waals surface area contributed by atoms with Gasteiger partial charge in [0.15, 0.2) is 9.84 Å². The predicted molar refractivity (Wildman–Crippen MR) is 80.2 cm³/mol. The molecule has 2 N–H and O–H groups in total. The molecule has 1 aromatic rings. The Bertz CT molecular complexity index is 684. The van der Waals surface area contributed by atoms with Crippen LogP contribution in [0.4, 0.5) is 0 Å². The van der Waals surface area contributed by atoms with Crippen molar-refractivity contribution in [2.45, 2.75) is 37.3 Å². The number of hydrogen-bond donors (Lipinski definition) is 2. The van der Waals surface area contributed by atoms with Crippen LogP contribution in [0, 0.1) is 5.41 Å². The van der Waals surface area contributed by atoms with E-state index in [0.717, 1.165) is 6.26 Å². The average Bonchev–Trinajstić information content (AvgIpc) is 2.37. The minimum Gasteiger partial charge on any atom is -0.392 e. The quantitative estimate of drug-likeness (QED) is 0.881. The second-order valence-electron chi connectivity index (χ2n) is 6.02. The molecule has 1 amide bonds. The molecule has 7 heteroatoms. The van der Waals surface area contributed by atoms with Gasteiger partial charge in [-0.2, -0.15) is 0 Å². The van der Waals surface area contributed by atoms with E-state index in [9.17, 15) is 18.3 Å². The Morgan fingerprint density at radius 3 is 2.52 bits per heavy atom. The first-order chi connectivity index (χ1) is 9.53. The largest absolute Gasteiger partial charge is 0.392 e. The Morgan fingerprint density at radius 2 is 2.05 bits per heavy atom. The van der Waals surface area contributed by atoms with Gasteiger partial charge < -0.3 is 10.4 Å². The predicted octanol–water partition coefficient (Wildman–Crippen LogP) is 1.63. The van der Waals surface area contributed by atoms with Crippen molar-refractivity contribution in [1.29, 1.82) is 0 Å². The van der Waals surface area contributed by atoms with Gasteiger partial charge in [0.05, 0.1) is 16.0 Å². The van der Waals surface area contributed by atoms with Gasteiger partial charge in [-0.3, -0.25) is 4.79 Å².